The highest BCUT2D eigenvalue weighted by Crippen LogP contribution is 2.38. The summed E-state index contributed by atoms with van der Waals surface area (Å²) in [5.74, 6) is -0.397. The van der Waals surface area contributed by atoms with Crippen LogP contribution in [-0.2, 0) is 11.3 Å². The quantitative estimate of drug-likeness (QED) is 0.315. The Bertz CT molecular complexity index is 1440. The number of carbonyl (C=O) groups is 1. The van der Waals surface area contributed by atoms with Crippen molar-refractivity contribution in [1.82, 2.24) is 9.55 Å². The van der Waals surface area contributed by atoms with Crippen molar-refractivity contribution >= 4 is 38.5 Å². The van der Waals surface area contributed by atoms with Gasteiger partial charge in [0.05, 0.1) is 17.3 Å². The van der Waals surface area contributed by atoms with Crippen LogP contribution in [0, 0.1) is 0 Å². The lowest BCUT2D eigenvalue weighted by molar-refractivity contribution is 0.0371. The van der Waals surface area contributed by atoms with E-state index in [1.165, 1.54) is 0 Å². The zero-order chi connectivity index (χ0) is 21.5. The minimum absolute atomic E-state index is 0.206. The van der Waals surface area contributed by atoms with E-state index in [9.17, 15) is 4.79 Å². The number of nitrogens with zero attached hydrogens (tertiary/aromatic N) is 2. The molecule has 0 spiro atoms. The van der Waals surface area contributed by atoms with Gasteiger partial charge in [0.1, 0.15) is 5.69 Å². The summed E-state index contributed by atoms with van der Waals surface area (Å²) in [4.78, 5) is 17.7. The molecule has 0 atom stereocenters. The second-order valence-electron chi connectivity index (χ2n) is 7.99. The maximum Gasteiger partial charge on any atom is 0.357 e. The van der Waals surface area contributed by atoms with E-state index in [2.05, 4.69) is 47.9 Å². The Labute approximate surface area is 181 Å². The topological polar surface area (TPSA) is 44.1 Å². The number of ether oxygens (including phenoxy) is 1. The SMILES string of the molecule is CCn1c2ccccc2c2cc(C(=O)OC(C)C)nc(-c3cccc4ccccc34)c21. The zero-order valence-electron chi connectivity index (χ0n) is 17.9. The van der Waals surface area contributed by atoms with Crippen molar-refractivity contribution in [2.24, 2.45) is 0 Å². The van der Waals surface area contributed by atoms with Gasteiger partial charge in [-0.15, -0.1) is 0 Å². The van der Waals surface area contributed by atoms with E-state index in [0.29, 0.717) is 5.69 Å². The molecule has 0 aliphatic rings. The molecule has 0 N–H and O–H groups in total. The van der Waals surface area contributed by atoms with Crippen LogP contribution in [0.5, 0.6) is 0 Å². The van der Waals surface area contributed by atoms with Gasteiger partial charge in [-0.1, -0.05) is 60.7 Å². The lowest BCUT2D eigenvalue weighted by Crippen LogP contribution is -2.13. The van der Waals surface area contributed by atoms with E-state index in [1.54, 1.807) is 0 Å². The number of para-hydroxylation sites is 1. The van der Waals surface area contributed by atoms with Gasteiger partial charge >= 0.3 is 5.97 Å². The summed E-state index contributed by atoms with van der Waals surface area (Å²) in [6, 6.07) is 24.7. The van der Waals surface area contributed by atoms with Gasteiger partial charge in [0.15, 0.2) is 0 Å². The fourth-order valence-corrected chi connectivity index (χ4v) is 4.40. The number of carbonyl (C=O) groups excluding carboxylic acids is 1. The molecule has 31 heavy (non-hydrogen) atoms. The van der Waals surface area contributed by atoms with Crippen LogP contribution in [0.4, 0.5) is 0 Å². The Morgan fingerprint density at radius 1 is 0.935 bits per heavy atom. The van der Waals surface area contributed by atoms with Crippen molar-refractivity contribution in [3.63, 3.8) is 0 Å². The van der Waals surface area contributed by atoms with Crippen LogP contribution < -0.4 is 0 Å². The second kappa shape index (κ2) is 7.55. The van der Waals surface area contributed by atoms with E-state index >= 15 is 0 Å². The summed E-state index contributed by atoms with van der Waals surface area (Å²) in [6.45, 7) is 6.65. The van der Waals surface area contributed by atoms with E-state index in [1.807, 2.05) is 50.2 Å². The van der Waals surface area contributed by atoms with Crippen LogP contribution >= 0.6 is 0 Å². The van der Waals surface area contributed by atoms with Gasteiger partial charge < -0.3 is 9.30 Å². The summed E-state index contributed by atoms with van der Waals surface area (Å²) in [5, 5.41) is 4.39. The van der Waals surface area contributed by atoms with Crippen LogP contribution in [-0.4, -0.2) is 21.6 Å². The first-order chi connectivity index (χ1) is 15.1. The monoisotopic (exact) mass is 408 g/mol. The minimum atomic E-state index is -0.397. The molecular formula is C27H24N2O2. The summed E-state index contributed by atoms with van der Waals surface area (Å²) in [7, 11) is 0. The normalized spacial score (nSPS) is 11.6. The highest BCUT2D eigenvalue weighted by Gasteiger charge is 2.21. The molecule has 4 heteroatoms. The molecule has 0 bridgehead atoms. The summed E-state index contributed by atoms with van der Waals surface area (Å²) >= 11 is 0. The van der Waals surface area contributed by atoms with Gasteiger partial charge in [-0.05, 0) is 43.7 Å². The zero-order valence-corrected chi connectivity index (χ0v) is 17.9. The van der Waals surface area contributed by atoms with Gasteiger partial charge in [0.2, 0.25) is 0 Å². The molecule has 0 saturated heterocycles. The maximum atomic E-state index is 12.9. The second-order valence-corrected chi connectivity index (χ2v) is 7.99. The average Bonchev–Trinajstić information content (AvgIpc) is 3.11. The summed E-state index contributed by atoms with van der Waals surface area (Å²) in [5.41, 5.74) is 4.34. The molecule has 5 aromatic rings. The fraction of sp³-hybridized carbons (Fsp3) is 0.185. The number of rotatable bonds is 4. The first kappa shape index (κ1) is 19.3. The fourth-order valence-electron chi connectivity index (χ4n) is 4.40. The molecule has 4 nitrogen and oxygen atoms in total. The van der Waals surface area contributed by atoms with Gasteiger partial charge in [0.25, 0.3) is 0 Å². The van der Waals surface area contributed by atoms with Crippen molar-refractivity contribution in [3.8, 4) is 11.3 Å². The van der Waals surface area contributed by atoms with Crippen LogP contribution in [0.1, 0.15) is 31.3 Å². The van der Waals surface area contributed by atoms with Gasteiger partial charge in [0, 0.05) is 28.4 Å². The molecular weight excluding hydrogens is 384 g/mol. The van der Waals surface area contributed by atoms with E-state index < -0.39 is 5.97 Å². The highest BCUT2D eigenvalue weighted by atomic mass is 16.5. The number of pyridine rings is 1. The predicted molar refractivity (Wildman–Crippen MR) is 126 cm³/mol. The van der Waals surface area contributed by atoms with Gasteiger partial charge in [-0.2, -0.15) is 0 Å². The largest absolute Gasteiger partial charge is 0.458 e. The van der Waals surface area contributed by atoms with Crippen LogP contribution in [0.25, 0.3) is 43.8 Å². The number of hydrogen-bond donors (Lipinski definition) is 0. The third-order valence-corrected chi connectivity index (χ3v) is 5.66. The molecule has 0 fully saturated rings. The molecule has 3 aromatic carbocycles. The number of esters is 1. The highest BCUT2D eigenvalue weighted by molar-refractivity contribution is 6.15. The van der Waals surface area contributed by atoms with E-state index in [4.69, 9.17) is 9.72 Å². The van der Waals surface area contributed by atoms with Crippen molar-refractivity contribution in [3.05, 3.63) is 78.5 Å². The number of fused-ring (bicyclic) bond motifs is 4. The minimum Gasteiger partial charge on any atom is -0.458 e. The third-order valence-electron chi connectivity index (χ3n) is 5.66. The Morgan fingerprint density at radius 2 is 1.65 bits per heavy atom. The lowest BCUT2D eigenvalue weighted by atomic mass is 10.00. The Balaban J connectivity index is 1.93. The van der Waals surface area contributed by atoms with E-state index in [0.717, 1.165) is 50.4 Å². The van der Waals surface area contributed by atoms with Crippen molar-refractivity contribution in [1.29, 1.82) is 0 Å². The number of hydrogen-bond acceptors (Lipinski definition) is 3. The maximum absolute atomic E-state index is 12.9. The smallest absolute Gasteiger partial charge is 0.357 e. The van der Waals surface area contributed by atoms with Crippen molar-refractivity contribution in [2.45, 2.75) is 33.4 Å². The van der Waals surface area contributed by atoms with Crippen LogP contribution in [0.3, 0.4) is 0 Å². The molecule has 0 radical (unpaired) electrons. The Hall–Kier alpha value is -3.66. The lowest BCUT2D eigenvalue weighted by Gasteiger charge is -2.13. The van der Waals surface area contributed by atoms with Crippen LogP contribution in [0.15, 0.2) is 72.8 Å². The summed E-state index contributed by atoms with van der Waals surface area (Å²) in [6.07, 6.45) is -0.206. The van der Waals surface area contributed by atoms with Crippen molar-refractivity contribution in [2.75, 3.05) is 0 Å². The number of benzene rings is 3. The van der Waals surface area contributed by atoms with Crippen LogP contribution in [0.2, 0.25) is 0 Å². The summed E-state index contributed by atoms with van der Waals surface area (Å²) < 4.78 is 7.78. The van der Waals surface area contributed by atoms with Gasteiger partial charge in [-0.3, -0.25) is 0 Å². The average molecular weight is 409 g/mol. The molecule has 154 valence electrons. The van der Waals surface area contributed by atoms with E-state index in [-0.39, 0.29) is 6.10 Å². The molecule has 0 aliphatic carbocycles. The molecule has 2 aromatic heterocycles. The Morgan fingerprint density at radius 3 is 2.42 bits per heavy atom. The standard InChI is InChI=1S/C27H24N2O2/c1-4-29-24-15-8-7-13-20(24)22-16-23(27(30)31-17(2)3)28-25(26(22)29)21-14-9-11-18-10-5-6-12-19(18)21/h5-17H,4H2,1-3H3. The number of aromatic nitrogens is 2. The first-order valence-corrected chi connectivity index (χ1v) is 10.7. The molecule has 5 rings (SSSR count). The van der Waals surface area contributed by atoms with Gasteiger partial charge in [-0.25, -0.2) is 9.78 Å². The molecule has 0 aliphatic heterocycles. The molecule has 0 saturated carbocycles. The van der Waals surface area contributed by atoms with Crippen molar-refractivity contribution < 1.29 is 9.53 Å². The first-order valence-electron chi connectivity index (χ1n) is 10.7. The Kier molecular flexibility index (Phi) is 4.70. The number of aryl methyl sites for hydroxylation is 1. The third kappa shape index (κ3) is 3.15. The predicted octanol–water partition coefficient (Wildman–Crippen LogP) is 6.59. The molecule has 0 unspecified atom stereocenters. The molecule has 2 heterocycles. The molecule has 0 amide bonds.